The molecule has 0 bridgehead atoms. The van der Waals surface area contributed by atoms with Crippen molar-refractivity contribution in [1.29, 1.82) is 0 Å². The molecule has 21 heavy (non-hydrogen) atoms. The number of nitrogens with two attached hydrogens (primary N) is 1. The van der Waals surface area contributed by atoms with Crippen LogP contribution in [0.5, 0.6) is 11.5 Å². The monoisotopic (exact) mass is 287 g/mol. The normalized spacial score (nSPS) is 13.5. The quantitative estimate of drug-likeness (QED) is 0.820. The third-order valence-electron chi connectivity index (χ3n) is 3.41. The molecule has 1 atom stereocenters. The van der Waals surface area contributed by atoms with E-state index in [0.717, 1.165) is 11.3 Å². The first kappa shape index (κ1) is 15.4. The average molecular weight is 287 g/mol. The van der Waals surface area contributed by atoms with Gasteiger partial charge in [0.2, 0.25) is 0 Å². The van der Waals surface area contributed by atoms with Gasteiger partial charge in [0.25, 0.3) is 0 Å². The number of hydrogen-bond donors (Lipinski definition) is 2. The van der Waals surface area contributed by atoms with E-state index in [-0.39, 0.29) is 6.61 Å². The van der Waals surface area contributed by atoms with Gasteiger partial charge in [0.05, 0.1) is 7.11 Å². The standard InChI is InChI=1S/C17H21NO3/c1-20-15-7-9-16(10-8-15)21-13-17(19,11-12-18)14-5-3-2-4-6-14/h2-10,19H,11-13,18H2,1H3. The van der Waals surface area contributed by atoms with Crippen LogP contribution < -0.4 is 15.2 Å². The molecule has 2 aromatic carbocycles. The maximum atomic E-state index is 10.8. The lowest BCUT2D eigenvalue weighted by Crippen LogP contribution is -2.35. The molecule has 0 amide bonds. The van der Waals surface area contributed by atoms with Gasteiger partial charge in [-0.25, -0.2) is 0 Å². The fourth-order valence-electron chi connectivity index (χ4n) is 2.16. The van der Waals surface area contributed by atoms with E-state index in [0.29, 0.717) is 18.7 Å². The molecule has 4 heteroatoms. The maximum absolute atomic E-state index is 10.8. The lowest BCUT2D eigenvalue weighted by atomic mass is 9.91. The summed E-state index contributed by atoms with van der Waals surface area (Å²) in [6.45, 7) is 0.540. The van der Waals surface area contributed by atoms with Gasteiger partial charge in [-0.1, -0.05) is 30.3 Å². The van der Waals surface area contributed by atoms with E-state index in [4.69, 9.17) is 15.2 Å². The third-order valence-corrected chi connectivity index (χ3v) is 3.41. The highest BCUT2D eigenvalue weighted by Gasteiger charge is 2.29. The summed E-state index contributed by atoms with van der Waals surface area (Å²) >= 11 is 0. The van der Waals surface area contributed by atoms with Crippen LogP contribution in [0.3, 0.4) is 0 Å². The Labute approximate surface area is 125 Å². The van der Waals surface area contributed by atoms with E-state index in [2.05, 4.69) is 0 Å². The highest BCUT2D eigenvalue weighted by Crippen LogP contribution is 2.26. The van der Waals surface area contributed by atoms with Gasteiger partial charge >= 0.3 is 0 Å². The zero-order valence-corrected chi connectivity index (χ0v) is 12.2. The van der Waals surface area contributed by atoms with Gasteiger partial charge in [0.1, 0.15) is 23.7 Å². The molecule has 1 unspecified atom stereocenters. The molecule has 0 aromatic heterocycles. The molecule has 0 fully saturated rings. The molecule has 0 saturated carbocycles. The van der Waals surface area contributed by atoms with Crippen LogP contribution in [0.2, 0.25) is 0 Å². The molecule has 0 aliphatic rings. The predicted molar refractivity (Wildman–Crippen MR) is 82.5 cm³/mol. The fraction of sp³-hybridized carbons (Fsp3) is 0.294. The Kier molecular flexibility index (Phi) is 5.20. The Balaban J connectivity index is 2.09. The van der Waals surface area contributed by atoms with E-state index >= 15 is 0 Å². The van der Waals surface area contributed by atoms with Crippen LogP contribution >= 0.6 is 0 Å². The second-order valence-electron chi connectivity index (χ2n) is 4.90. The van der Waals surface area contributed by atoms with Crippen molar-refractivity contribution < 1.29 is 14.6 Å². The summed E-state index contributed by atoms with van der Waals surface area (Å²) in [6.07, 6.45) is 0.438. The van der Waals surface area contributed by atoms with Crippen molar-refractivity contribution in [2.45, 2.75) is 12.0 Å². The van der Waals surface area contributed by atoms with Crippen LogP contribution in [0.15, 0.2) is 54.6 Å². The Morgan fingerprint density at radius 1 is 1.00 bits per heavy atom. The minimum absolute atomic E-state index is 0.153. The molecule has 2 rings (SSSR count). The van der Waals surface area contributed by atoms with E-state index in [9.17, 15) is 5.11 Å². The molecular formula is C17H21NO3. The van der Waals surface area contributed by atoms with Crippen molar-refractivity contribution >= 4 is 0 Å². The first-order chi connectivity index (χ1) is 10.2. The molecule has 0 heterocycles. The second kappa shape index (κ2) is 7.11. The first-order valence-corrected chi connectivity index (χ1v) is 6.93. The van der Waals surface area contributed by atoms with Gasteiger partial charge in [0.15, 0.2) is 0 Å². The zero-order valence-electron chi connectivity index (χ0n) is 12.2. The highest BCUT2D eigenvalue weighted by atomic mass is 16.5. The molecule has 0 aliphatic carbocycles. The average Bonchev–Trinajstić information content (AvgIpc) is 2.54. The van der Waals surface area contributed by atoms with Crippen molar-refractivity contribution in [1.82, 2.24) is 0 Å². The van der Waals surface area contributed by atoms with Crippen LogP contribution in [-0.4, -0.2) is 25.4 Å². The Morgan fingerprint density at radius 3 is 2.19 bits per heavy atom. The highest BCUT2D eigenvalue weighted by molar-refractivity contribution is 5.31. The summed E-state index contributed by atoms with van der Waals surface area (Å²) < 4.78 is 10.8. The largest absolute Gasteiger partial charge is 0.497 e. The van der Waals surface area contributed by atoms with Crippen LogP contribution in [0.4, 0.5) is 0 Å². The Hall–Kier alpha value is -2.04. The topological polar surface area (TPSA) is 64.7 Å². The van der Waals surface area contributed by atoms with Crippen LogP contribution in [0.25, 0.3) is 0 Å². The number of ether oxygens (including phenoxy) is 2. The van der Waals surface area contributed by atoms with Crippen LogP contribution in [0.1, 0.15) is 12.0 Å². The van der Waals surface area contributed by atoms with Crippen molar-refractivity contribution in [2.24, 2.45) is 5.73 Å². The Morgan fingerprint density at radius 2 is 1.62 bits per heavy atom. The predicted octanol–water partition coefficient (Wildman–Crippen LogP) is 2.31. The van der Waals surface area contributed by atoms with Gasteiger partial charge in [0, 0.05) is 0 Å². The molecule has 3 N–H and O–H groups in total. The fourth-order valence-corrected chi connectivity index (χ4v) is 2.16. The van der Waals surface area contributed by atoms with Crippen LogP contribution in [-0.2, 0) is 5.60 Å². The lowest BCUT2D eigenvalue weighted by Gasteiger charge is -2.28. The van der Waals surface area contributed by atoms with Crippen molar-refractivity contribution in [3.63, 3.8) is 0 Å². The molecule has 0 saturated heterocycles. The van der Waals surface area contributed by atoms with Gasteiger partial charge in [-0.3, -0.25) is 0 Å². The lowest BCUT2D eigenvalue weighted by molar-refractivity contribution is -0.0149. The van der Waals surface area contributed by atoms with Gasteiger partial charge in [-0.05, 0) is 42.8 Å². The van der Waals surface area contributed by atoms with E-state index < -0.39 is 5.60 Å². The molecular weight excluding hydrogens is 266 g/mol. The number of methoxy groups -OCH3 is 1. The van der Waals surface area contributed by atoms with Gasteiger partial charge in [-0.2, -0.15) is 0 Å². The van der Waals surface area contributed by atoms with Crippen molar-refractivity contribution in [3.05, 3.63) is 60.2 Å². The summed E-state index contributed by atoms with van der Waals surface area (Å²) in [5.41, 5.74) is 5.35. The van der Waals surface area contributed by atoms with Crippen molar-refractivity contribution in [3.8, 4) is 11.5 Å². The summed E-state index contributed by atoms with van der Waals surface area (Å²) in [5, 5.41) is 10.8. The summed E-state index contributed by atoms with van der Waals surface area (Å²) in [5.74, 6) is 1.45. The molecule has 4 nitrogen and oxygen atoms in total. The summed E-state index contributed by atoms with van der Waals surface area (Å²) in [6, 6.07) is 16.7. The van der Waals surface area contributed by atoms with Gasteiger partial charge in [-0.15, -0.1) is 0 Å². The zero-order chi connectivity index (χ0) is 15.1. The number of hydrogen-bond acceptors (Lipinski definition) is 4. The number of rotatable bonds is 7. The summed E-state index contributed by atoms with van der Waals surface area (Å²) in [7, 11) is 1.62. The first-order valence-electron chi connectivity index (χ1n) is 6.93. The minimum Gasteiger partial charge on any atom is -0.497 e. The molecule has 0 aliphatic heterocycles. The maximum Gasteiger partial charge on any atom is 0.125 e. The SMILES string of the molecule is COc1ccc(OCC(O)(CCN)c2ccccc2)cc1. The minimum atomic E-state index is -1.09. The van der Waals surface area contributed by atoms with Gasteiger partial charge < -0.3 is 20.3 Å². The number of aliphatic hydroxyl groups is 1. The molecule has 2 aromatic rings. The molecule has 0 radical (unpaired) electrons. The molecule has 112 valence electrons. The smallest absolute Gasteiger partial charge is 0.125 e. The van der Waals surface area contributed by atoms with E-state index in [1.54, 1.807) is 7.11 Å². The van der Waals surface area contributed by atoms with E-state index in [1.807, 2.05) is 54.6 Å². The second-order valence-corrected chi connectivity index (χ2v) is 4.90. The van der Waals surface area contributed by atoms with Crippen LogP contribution in [0, 0.1) is 0 Å². The Bertz CT molecular complexity index is 542. The summed E-state index contributed by atoms with van der Waals surface area (Å²) in [4.78, 5) is 0. The number of benzene rings is 2. The van der Waals surface area contributed by atoms with E-state index in [1.165, 1.54) is 0 Å². The van der Waals surface area contributed by atoms with Crippen molar-refractivity contribution in [2.75, 3.05) is 20.3 Å². The molecule has 0 spiro atoms. The third kappa shape index (κ3) is 3.97.